The Hall–Kier alpha value is -3.62. The number of rotatable bonds is 7. The highest BCUT2D eigenvalue weighted by molar-refractivity contribution is 6.31. The van der Waals surface area contributed by atoms with Gasteiger partial charge in [0.05, 0.1) is 17.6 Å². The largest absolute Gasteiger partial charge is 0.457 e. The van der Waals surface area contributed by atoms with Crippen molar-refractivity contribution in [2.75, 3.05) is 30.3 Å². The van der Waals surface area contributed by atoms with Crippen LogP contribution in [-0.4, -0.2) is 45.0 Å². The number of fused-ring (bicyclic) bond motifs is 1. The van der Waals surface area contributed by atoms with E-state index in [0.29, 0.717) is 29.8 Å². The van der Waals surface area contributed by atoms with Crippen LogP contribution in [0.3, 0.4) is 0 Å². The van der Waals surface area contributed by atoms with E-state index in [2.05, 4.69) is 47.4 Å². The molecule has 3 heterocycles. The predicted octanol–water partition coefficient (Wildman–Crippen LogP) is 6.49. The molecular formula is C29H33ClN6O2. The van der Waals surface area contributed by atoms with Gasteiger partial charge in [0, 0.05) is 36.1 Å². The van der Waals surface area contributed by atoms with Crippen LogP contribution in [-0.2, 0) is 17.3 Å². The van der Waals surface area contributed by atoms with E-state index in [1.165, 1.54) is 0 Å². The van der Waals surface area contributed by atoms with Crippen LogP contribution in [0.15, 0.2) is 54.7 Å². The summed E-state index contributed by atoms with van der Waals surface area (Å²) in [5, 5.41) is 7.04. The number of anilines is 3. The van der Waals surface area contributed by atoms with Gasteiger partial charge in [0.25, 0.3) is 0 Å². The number of hydrogen-bond acceptors (Lipinski definition) is 6. The van der Waals surface area contributed by atoms with Gasteiger partial charge in [0.2, 0.25) is 11.9 Å². The summed E-state index contributed by atoms with van der Waals surface area (Å²) in [4.78, 5) is 23.6. The van der Waals surface area contributed by atoms with Gasteiger partial charge in [-0.3, -0.25) is 9.69 Å². The molecule has 1 saturated heterocycles. The number of ether oxygens (including phenoxy) is 1. The third-order valence-corrected chi connectivity index (χ3v) is 7.01. The van der Waals surface area contributed by atoms with Crippen molar-refractivity contribution in [2.45, 2.75) is 39.0 Å². The molecule has 2 N–H and O–H groups in total. The molecule has 8 nitrogen and oxygen atoms in total. The number of aryl methyl sites for hydroxylation is 1. The van der Waals surface area contributed by atoms with Gasteiger partial charge in [-0.15, -0.1) is 0 Å². The first-order chi connectivity index (χ1) is 18.2. The lowest BCUT2D eigenvalue weighted by Crippen LogP contribution is -2.31. The maximum Gasteiger partial charge on any atom is 0.239 e. The lowest BCUT2D eigenvalue weighted by atomic mass is 9.87. The van der Waals surface area contributed by atoms with E-state index in [-0.39, 0.29) is 11.3 Å². The summed E-state index contributed by atoms with van der Waals surface area (Å²) in [6, 6.07) is 15.2. The molecule has 0 unspecified atom stereocenters. The first kappa shape index (κ1) is 26.0. The minimum Gasteiger partial charge on any atom is -0.457 e. The number of nitrogens with zero attached hydrogens (tertiary/aromatic N) is 4. The Morgan fingerprint density at radius 3 is 2.58 bits per heavy atom. The number of benzene rings is 2. The van der Waals surface area contributed by atoms with Crippen molar-refractivity contribution in [1.82, 2.24) is 19.4 Å². The van der Waals surface area contributed by atoms with E-state index >= 15 is 0 Å². The summed E-state index contributed by atoms with van der Waals surface area (Å²) >= 11 is 6.44. The number of likely N-dealkylation sites (tertiary alicyclic amines) is 1. The molecular weight excluding hydrogens is 500 g/mol. The number of aromatic nitrogens is 3. The van der Waals surface area contributed by atoms with Crippen LogP contribution in [0.25, 0.3) is 11.0 Å². The molecule has 38 heavy (non-hydrogen) atoms. The maximum absolute atomic E-state index is 12.4. The van der Waals surface area contributed by atoms with E-state index in [1.54, 1.807) is 18.3 Å². The highest BCUT2D eigenvalue weighted by Crippen LogP contribution is 2.33. The molecule has 1 fully saturated rings. The topological polar surface area (TPSA) is 84.3 Å². The third kappa shape index (κ3) is 5.92. The van der Waals surface area contributed by atoms with Crippen molar-refractivity contribution in [1.29, 1.82) is 0 Å². The van der Waals surface area contributed by atoms with Crippen molar-refractivity contribution >= 4 is 46.0 Å². The number of hydrogen-bond donors (Lipinski definition) is 2. The molecule has 4 aromatic rings. The number of nitrogens with one attached hydrogen (secondary N) is 2. The second-order valence-electron chi connectivity index (χ2n) is 10.7. The minimum atomic E-state index is -0.0725. The van der Waals surface area contributed by atoms with Gasteiger partial charge in [0.1, 0.15) is 17.3 Å². The third-order valence-electron chi connectivity index (χ3n) is 6.68. The first-order valence-corrected chi connectivity index (χ1v) is 13.2. The fraction of sp³-hybridized carbons (Fsp3) is 0.345. The quantitative estimate of drug-likeness (QED) is 0.283. The summed E-state index contributed by atoms with van der Waals surface area (Å²) in [5.74, 6) is 2.34. The Kier molecular flexibility index (Phi) is 7.27. The van der Waals surface area contributed by atoms with Crippen LogP contribution in [0.5, 0.6) is 11.5 Å². The molecule has 2 aromatic heterocycles. The number of halogens is 1. The smallest absolute Gasteiger partial charge is 0.239 e. The van der Waals surface area contributed by atoms with Crippen LogP contribution in [0.2, 0.25) is 5.02 Å². The molecule has 0 atom stereocenters. The van der Waals surface area contributed by atoms with Gasteiger partial charge in [-0.25, -0.2) is 9.97 Å². The molecule has 0 radical (unpaired) electrons. The number of pyridine rings is 1. The Morgan fingerprint density at radius 2 is 1.82 bits per heavy atom. The van der Waals surface area contributed by atoms with Crippen LogP contribution in [0.1, 0.15) is 39.2 Å². The van der Waals surface area contributed by atoms with Gasteiger partial charge >= 0.3 is 0 Å². The van der Waals surface area contributed by atoms with Crippen molar-refractivity contribution in [2.24, 2.45) is 7.05 Å². The van der Waals surface area contributed by atoms with E-state index in [1.807, 2.05) is 41.9 Å². The highest BCUT2D eigenvalue weighted by atomic mass is 35.5. The van der Waals surface area contributed by atoms with Crippen LogP contribution < -0.4 is 15.4 Å². The molecule has 2 aromatic carbocycles. The number of carbonyl (C=O) groups is 1. The van der Waals surface area contributed by atoms with E-state index in [0.717, 1.165) is 53.2 Å². The summed E-state index contributed by atoms with van der Waals surface area (Å²) in [5.41, 5.74) is 3.68. The van der Waals surface area contributed by atoms with Crippen molar-refractivity contribution in [3.05, 3.63) is 65.3 Å². The Bertz CT molecular complexity index is 1470. The van der Waals surface area contributed by atoms with Gasteiger partial charge in [-0.2, -0.15) is 0 Å². The second kappa shape index (κ2) is 10.6. The average molecular weight is 533 g/mol. The number of carbonyl (C=O) groups excluding carboxylic acids is 1. The maximum atomic E-state index is 12.4. The lowest BCUT2D eigenvalue weighted by Gasteiger charge is -2.21. The molecule has 9 heteroatoms. The summed E-state index contributed by atoms with van der Waals surface area (Å²) in [6.45, 7) is 8.74. The summed E-state index contributed by atoms with van der Waals surface area (Å²) in [7, 11) is 1.97. The number of amides is 1. The molecule has 1 aliphatic rings. The van der Waals surface area contributed by atoms with Crippen LogP contribution in [0, 0.1) is 0 Å². The SMILES string of the molecule is Cn1c(Nc2ccc(Cl)c(C(C)(C)C)c2)nc2cc(Oc3ccnc(NC(=O)CN4CCCC4)c3)ccc21. The average Bonchev–Trinajstić information content (AvgIpc) is 3.47. The normalized spacial score (nSPS) is 14.1. The van der Waals surface area contributed by atoms with Crippen LogP contribution >= 0.6 is 11.6 Å². The summed E-state index contributed by atoms with van der Waals surface area (Å²) in [6.07, 6.45) is 3.92. The van der Waals surface area contributed by atoms with Gasteiger partial charge in [-0.1, -0.05) is 32.4 Å². The molecule has 198 valence electrons. The minimum absolute atomic E-state index is 0.0678. The highest BCUT2D eigenvalue weighted by Gasteiger charge is 2.19. The molecule has 1 aliphatic heterocycles. The van der Waals surface area contributed by atoms with Crippen molar-refractivity contribution in [3.63, 3.8) is 0 Å². The molecule has 0 spiro atoms. The zero-order chi connectivity index (χ0) is 26.9. The lowest BCUT2D eigenvalue weighted by molar-refractivity contribution is -0.117. The predicted molar refractivity (Wildman–Crippen MR) is 153 cm³/mol. The Labute approximate surface area is 228 Å². The van der Waals surface area contributed by atoms with Crippen molar-refractivity contribution in [3.8, 4) is 11.5 Å². The second-order valence-corrected chi connectivity index (χ2v) is 11.1. The fourth-order valence-corrected chi connectivity index (χ4v) is 5.07. The Balaban J connectivity index is 1.30. The van der Waals surface area contributed by atoms with E-state index < -0.39 is 0 Å². The zero-order valence-electron chi connectivity index (χ0n) is 22.2. The zero-order valence-corrected chi connectivity index (χ0v) is 23.0. The standard InChI is InChI=1S/C29H33ClN6O2/c1-29(2,3)22-15-19(7-9-23(22)30)32-28-33-24-16-20(8-10-25(24)35(28)4)38-21-11-12-31-26(17-21)34-27(37)18-36-13-5-6-14-36/h7-12,15-17H,5-6,13-14,18H2,1-4H3,(H,32,33)(H,31,34,37). The van der Waals surface area contributed by atoms with Crippen molar-refractivity contribution < 1.29 is 9.53 Å². The number of imidazole rings is 1. The molecule has 5 rings (SSSR count). The van der Waals surface area contributed by atoms with Gasteiger partial charge in [0.15, 0.2) is 0 Å². The van der Waals surface area contributed by atoms with E-state index in [4.69, 9.17) is 21.3 Å². The first-order valence-electron chi connectivity index (χ1n) is 12.9. The molecule has 0 aliphatic carbocycles. The molecule has 0 saturated carbocycles. The monoisotopic (exact) mass is 532 g/mol. The molecule has 1 amide bonds. The molecule has 0 bridgehead atoms. The fourth-order valence-electron chi connectivity index (χ4n) is 4.67. The summed E-state index contributed by atoms with van der Waals surface area (Å²) < 4.78 is 8.09. The van der Waals surface area contributed by atoms with Crippen LogP contribution in [0.4, 0.5) is 17.5 Å². The Morgan fingerprint density at radius 1 is 1.05 bits per heavy atom. The van der Waals surface area contributed by atoms with Gasteiger partial charge < -0.3 is 19.9 Å². The van der Waals surface area contributed by atoms with E-state index in [9.17, 15) is 4.79 Å². The van der Waals surface area contributed by atoms with Gasteiger partial charge in [-0.05, 0) is 73.3 Å².